The standard InChI is InChI=1S/C29H36IN5O3/c1-3-4-15-35(25-7-5-12-30-33(2)19-25)29(36)20-34-18-23(22-8-10-26-27(17-22)38-21-37-26)16-24(34)9-11-28-31-13-6-14-32-28/h5-8,10,12-14,17,19,23-24H,3-4,9,11,15-16,18,20-21H2,1-2H3/t23-,24+/m1/s1. The van der Waals surface area contributed by atoms with Gasteiger partial charge < -0.3 is 17.5 Å². The minimum atomic E-state index is -0.180. The van der Waals surface area contributed by atoms with Crippen LogP contribution in [0.2, 0.25) is 0 Å². The Labute approximate surface area is 235 Å². The van der Waals surface area contributed by atoms with E-state index in [9.17, 15) is 4.79 Å². The Balaban J connectivity index is 1.34. The Morgan fingerprint density at radius 2 is 2.05 bits per heavy atom. The van der Waals surface area contributed by atoms with Gasteiger partial charge in [0.05, 0.1) is 12.2 Å². The molecule has 2 atom stereocenters. The van der Waals surface area contributed by atoms with Crippen LogP contribution < -0.4 is 9.47 Å². The van der Waals surface area contributed by atoms with Gasteiger partial charge in [0.25, 0.3) is 0 Å². The van der Waals surface area contributed by atoms with Gasteiger partial charge in [0.15, 0.2) is 11.5 Å². The minimum Gasteiger partial charge on any atom is -0.454 e. The zero-order chi connectivity index (χ0) is 26.3. The van der Waals surface area contributed by atoms with Crippen LogP contribution in [0.4, 0.5) is 0 Å². The third-order valence-electron chi connectivity index (χ3n) is 7.26. The number of likely N-dealkylation sites (tertiary alicyclic amines) is 1. The number of aromatic nitrogens is 2. The van der Waals surface area contributed by atoms with E-state index in [-0.39, 0.29) is 39.7 Å². The summed E-state index contributed by atoms with van der Waals surface area (Å²) in [5.74, 6) is 2.96. The fraction of sp³-hybridized carbons (Fsp3) is 0.448. The molecule has 0 N–H and O–H groups in total. The third-order valence-corrected chi connectivity index (χ3v) is 9.16. The number of hydrogen-bond acceptors (Lipinski definition) is 7. The van der Waals surface area contributed by atoms with E-state index in [1.807, 2.05) is 17.0 Å². The predicted molar refractivity (Wildman–Crippen MR) is 157 cm³/mol. The van der Waals surface area contributed by atoms with Crippen LogP contribution in [-0.4, -0.2) is 72.3 Å². The van der Waals surface area contributed by atoms with Gasteiger partial charge in [0.2, 0.25) is 12.7 Å². The lowest BCUT2D eigenvalue weighted by Crippen LogP contribution is -2.42. The molecular formula is C29H36IN5O3. The Morgan fingerprint density at radius 3 is 2.89 bits per heavy atom. The molecule has 1 fully saturated rings. The molecule has 38 heavy (non-hydrogen) atoms. The number of ether oxygens (including phenoxy) is 2. The Bertz CT molecular complexity index is 1200. The topological polar surface area (TPSA) is 71.0 Å². The zero-order valence-corrected chi connectivity index (χ0v) is 24.3. The molecule has 1 amide bonds. The Kier molecular flexibility index (Phi) is 9.06. The van der Waals surface area contributed by atoms with Crippen molar-refractivity contribution in [3.05, 3.63) is 72.1 Å². The highest BCUT2D eigenvalue weighted by molar-refractivity contribution is 14.2. The van der Waals surface area contributed by atoms with Gasteiger partial charge in [-0.1, -0.05) is 25.5 Å². The lowest BCUT2D eigenvalue weighted by molar-refractivity contribution is -0.130. The number of benzene rings is 1. The van der Waals surface area contributed by atoms with Gasteiger partial charge >= 0.3 is 0 Å². The number of nitrogens with zero attached hydrogens (tertiary/aromatic N) is 5. The van der Waals surface area contributed by atoms with Crippen LogP contribution in [0.25, 0.3) is 0 Å². The minimum absolute atomic E-state index is 0.162. The molecule has 1 saturated heterocycles. The van der Waals surface area contributed by atoms with Gasteiger partial charge in [-0.15, -0.1) is 0 Å². The summed E-state index contributed by atoms with van der Waals surface area (Å²) in [4.78, 5) is 27.1. The van der Waals surface area contributed by atoms with Crippen molar-refractivity contribution in [1.82, 2.24) is 22.9 Å². The summed E-state index contributed by atoms with van der Waals surface area (Å²) in [6.07, 6.45) is 14.6. The summed E-state index contributed by atoms with van der Waals surface area (Å²) in [5.41, 5.74) is 2.23. The highest BCUT2D eigenvalue weighted by atomic mass is 127. The zero-order valence-electron chi connectivity index (χ0n) is 22.1. The molecule has 3 aliphatic heterocycles. The van der Waals surface area contributed by atoms with Gasteiger partial charge in [0, 0.05) is 51.2 Å². The Hall–Kier alpha value is -2.79. The first kappa shape index (κ1) is 26.8. The first-order valence-electron chi connectivity index (χ1n) is 13.4. The van der Waals surface area contributed by atoms with Crippen LogP contribution in [-0.2, 0) is 11.2 Å². The molecule has 0 aliphatic carbocycles. The second-order valence-corrected chi connectivity index (χ2v) is 12.7. The monoisotopic (exact) mass is 629 g/mol. The molecule has 0 bridgehead atoms. The van der Waals surface area contributed by atoms with E-state index in [1.165, 1.54) is 5.56 Å². The molecule has 0 spiro atoms. The number of unbranched alkanes of at least 4 members (excludes halogenated alkanes) is 1. The third kappa shape index (κ3) is 6.61. The largest absolute Gasteiger partial charge is 0.454 e. The van der Waals surface area contributed by atoms with Gasteiger partial charge in [-0.05, 0) is 80.0 Å². The second-order valence-electron chi connectivity index (χ2n) is 9.89. The van der Waals surface area contributed by atoms with Crippen LogP contribution in [0.1, 0.15) is 49.9 Å². The van der Waals surface area contributed by atoms with E-state index in [0.29, 0.717) is 12.5 Å². The molecular weight excluding hydrogens is 593 g/mol. The average molecular weight is 630 g/mol. The summed E-state index contributed by atoms with van der Waals surface area (Å²) >= 11 is -0.180. The van der Waals surface area contributed by atoms with Crippen LogP contribution in [0.5, 0.6) is 11.5 Å². The van der Waals surface area contributed by atoms with Crippen LogP contribution in [0.3, 0.4) is 0 Å². The van der Waals surface area contributed by atoms with Gasteiger partial charge in [-0.25, -0.2) is 9.97 Å². The van der Waals surface area contributed by atoms with Gasteiger partial charge in [-0.2, -0.15) is 0 Å². The quantitative estimate of drug-likeness (QED) is 0.280. The molecule has 1 aromatic carbocycles. The number of carbonyl (C=O) groups is 1. The van der Waals surface area contributed by atoms with Crippen molar-refractivity contribution >= 4 is 30.9 Å². The van der Waals surface area contributed by atoms with Crippen LogP contribution in [0, 0.1) is 0 Å². The average Bonchev–Trinajstić information content (AvgIpc) is 3.50. The maximum Gasteiger partial charge on any atom is 0.241 e. The first-order valence-corrected chi connectivity index (χ1v) is 15.6. The van der Waals surface area contributed by atoms with Crippen molar-refractivity contribution in [2.75, 3.05) is 33.5 Å². The van der Waals surface area contributed by atoms with Gasteiger partial charge in [0.1, 0.15) is 5.82 Å². The molecule has 0 saturated carbocycles. The van der Waals surface area contributed by atoms with Crippen molar-refractivity contribution in [3.63, 3.8) is 0 Å². The second kappa shape index (κ2) is 12.8. The molecule has 9 heteroatoms. The van der Waals surface area contributed by atoms with E-state index in [4.69, 9.17) is 9.47 Å². The van der Waals surface area contributed by atoms with E-state index in [0.717, 1.165) is 68.2 Å². The highest BCUT2D eigenvalue weighted by Crippen LogP contribution is 2.39. The van der Waals surface area contributed by atoms with E-state index in [2.05, 4.69) is 66.4 Å². The number of allylic oxidation sites excluding steroid dienone is 2. The number of hydrogen-bond donors (Lipinski definition) is 0. The van der Waals surface area contributed by atoms with Crippen molar-refractivity contribution in [1.29, 1.82) is 0 Å². The van der Waals surface area contributed by atoms with E-state index in [1.54, 1.807) is 12.4 Å². The summed E-state index contributed by atoms with van der Waals surface area (Å²) in [6, 6.07) is 8.38. The molecule has 4 heterocycles. The fourth-order valence-electron chi connectivity index (χ4n) is 5.28. The molecule has 8 nitrogen and oxygen atoms in total. The van der Waals surface area contributed by atoms with Crippen LogP contribution in [0.15, 0.2) is 60.7 Å². The SMILES string of the molecule is CCCCN(C(=O)CN1C[C@H](c2ccc3c(c2)OCO3)C[C@@H]1CCc1ncccn1)C1=CN(C)I=CC=C1. The van der Waals surface area contributed by atoms with Crippen molar-refractivity contribution in [2.24, 2.45) is 0 Å². The van der Waals surface area contributed by atoms with E-state index < -0.39 is 0 Å². The predicted octanol–water partition coefficient (Wildman–Crippen LogP) is 4.66. The number of fused-ring (bicyclic) bond motifs is 1. The number of halogens is 1. The molecule has 0 unspecified atom stereocenters. The normalized spacial score (nSPS) is 20.7. The first-order chi connectivity index (χ1) is 18.6. The smallest absolute Gasteiger partial charge is 0.241 e. The molecule has 3 aliphatic rings. The lowest BCUT2D eigenvalue weighted by Gasteiger charge is -2.29. The summed E-state index contributed by atoms with van der Waals surface area (Å²) in [7, 11) is 2.09. The number of rotatable bonds is 10. The Morgan fingerprint density at radius 1 is 1.21 bits per heavy atom. The fourth-order valence-corrected chi connectivity index (χ4v) is 6.63. The van der Waals surface area contributed by atoms with Crippen molar-refractivity contribution < 1.29 is 14.3 Å². The van der Waals surface area contributed by atoms with Crippen molar-refractivity contribution in [3.8, 4) is 11.5 Å². The van der Waals surface area contributed by atoms with Gasteiger partial charge in [-0.3, -0.25) is 9.69 Å². The van der Waals surface area contributed by atoms with E-state index >= 15 is 0 Å². The number of amides is 1. The molecule has 1 aromatic heterocycles. The lowest BCUT2D eigenvalue weighted by atomic mass is 9.94. The molecule has 5 rings (SSSR count). The summed E-state index contributed by atoms with van der Waals surface area (Å²) < 4.78 is 15.6. The number of aryl methyl sites for hydroxylation is 1. The molecule has 202 valence electrons. The maximum atomic E-state index is 13.9. The van der Waals surface area contributed by atoms with Crippen molar-refractivity contribution in [2.45, 2.75) is 51.0 Å². The summed E-state index contributed by atoms with van der Waals surface area (Å²) in [5, 5.41) is 0. The molecule has 0 radical (unpaired) electrons. The molecule has 2 aromatic rings. The van der Waals surface area contributed by atoms with Crippen LogP contribution >= 0.6 is 21.0 Å². The summed E-state index contributed by atoms with van der Waals surface area (Å²) in [6.45, 7) is 4.42. The highest BCUT2D eigenvalue weighted by Gasteiger charge is 2.35. The maximum absolute atomic E-state index is 13.9. The number of carbonyl (C=O) groups excluding carboxylic acids is 1.